The van der Waals surface area contributed by atoms with Gasteiger partial charge in [0, 0.05) is 11.3 Å². The lowest BCUT2D eigenvalue weighted by molar-refractivity contribution is -0.132. The Morgan fingerprint density at radius 3 is 2.19 bits per heavy atom. The predicted molar refractivity (Wildman–Crippen MR) is 120 cm³/mol. The number of nitrogens with zero attached hydrogens (tertiary/aromatic N) is 1. The molecule has 0 radical (unpaired) electrons. The van der Waals surface area contributed by atoms with Crippen LogP contribution in [-0.4, -0.2) is 23.4 Å². The van der Waals surface area contributed by atoms with Gasteiger partial charge in [0.05, 0.1) is 18.2 Å². The number of ether oxygens (including phenoxy) is 1. The molecule has 0 aromatic heterocycles. The summed E-state index contributed by atoms with van der Waals surface area (Å²) in [6.45, 7) is 4.38. The zero-order valence-corrected chi connectivity index (χ0v) is 17.4. The molecule has 3 aromatic carbocycles. The number of aliphatic hydroxyl groups excluding tert-OH is 1. The van der Waals surface area contributed by atoms with E-state index in [0.717, 1.165) is 5.56 Å². The molecule has 1 saturated heterocycles. The van der Waals surface area contributed by atoms with Gasteiger partial charge >= 0.3 is 0 Å². The topological polar surface area (TPSA) is 66.8 Å². The maximum atomic E-state index is 13.1. The SMILES string of the molecule is CCOc1ccc(C2/C(=C(/O)c3ccc(C)cc3)C(=O)C(=O)N2c2ccccc2)cc1. The third kappa shape index (κ3) is 3.82. The molecule has 1 unspecified atom stereocenters. The zero-order valence-electron chi connectivity index (χ0n) is 17.4. The van der Waals surface area contributed by atoms with Crippen molar-refractivity contribution in [2.24, 2.45) is 0 Å². The number of hydrogen-bond acceptors (Lipinski definition) is 4. The highest BCUT2D eigenvalue weighted by Crippen LogP contribution is 2.42. The minimum atomic E-state index is -0.751. The number of aryl methyl sites for hydroxylation is 1. The van der Waals surface area contributed by atoms with Crippen LogP contribution in [0.3, 0.4) is 0 Å². The molecular formula is C26H23NO4. The highest BCUT2D eigenvalue weighted by atomic mass is 16.5. The van der Waals surface area contributed by atoms with Crippen molar-refractivity contribution >= 4 is 23.1 Å². The lowest BCUT2D eigenvalue weighted by atomic mass is 9.95. The van der Waals surface area contributed by atoms with Crippen LogP contribution in [0.1, 0.15) is 29.7 Å². The fourth-order valence-electron chi connectivity index (χ4n) is 3.78. The maximum absolute atomic E-state index is 13.1. The van der Waals surface area contributed by atoms with Gasteiger partial charge in [-0.2, -0.15) is 0 Å². The summed E-state index contributed by atoms with van der Waals surface area (Å²) in [6, 6.07) is 22.7. The number of carbonyl (C=O) groups excluding carboxylic acids is 2. The van der Waals surface area contributed by atoms with Gasteiger partial charge in [-0.15, -0.1) is 0 Å². The summed E-state index contributed by atoms with van der Waals surface area (Å²) >= 11 is 0. The molecule has 4 rings (SSSR count). The maximum Gasteiger partial charge on any atom is 0.300 e. The second-order valence-electron chi connectivity index (χ2n) is 7.37. The molecule has 1 fully saturated rings. The molecule has 1 heterocycles. The first-order valence-electron chi connectivity index (χ1n) is 10.2. The number of carbonyl (C=O) groups is 2. The van der Waals surface area contributed by atoms with Crippen molar-refractivity contribution in [2.75, 3.05) is 11.5 Å². The van der Waals surface area contributed by atoms with Crippen molar-refractivity contribution in [1.29, 1.82) is 0 Å². The number of para-hydroxylation sites is 1. The molecule has 0 bridgehead atoms. The molecule has 5 heteroatoms. The number of anilines is 1. The third-order valence-electron chi connectivity index (χ3n) is 5.31. The molecule has 1 atom stereocenters. The minimum Gasteiger partial charge on any atom is -0.507 e. The Bertz CT molecular complexity index is 1130. The van der Waals surface area contributed by atoms with E-state index >= 15 is 0 Å². The van der Waals surface area contributed by atoms with Crippen LogP contribution in [-0.2, 0) is 9.59 Å². The van der Waals surface area contributed by atoms with Crippen LogP contribution in [0.2, 0.25) is 0 Å². The zero-order chi connectivity index (χ0) is 22.0. The van der Waals surface area contributed by atoms with Crippen LogP contribution < -0.4 is 9.64 Å². The van der Waals surface area contributed by atoms with E-state index in [9.17, 15) is 14.7 Å². The number of ketones is 1. The smallest absolute Gasteiger partial charge is 0.300 e. The van der Waals surface area contributed by atoms with Gasteiger partial charge in [-0.25, -0.2) is 0 Å². The average Bonchev–Trinajstić information content (AvgIpc) is 3.06. The second kappa shape index (κ2) is 8.48. The molecule has 0 spiro atoms. The molecule has 1 aliphatic heterocycles. The molecular weight excluding hydrogens is 390 g/mol. The predicted octanol–water partition coefficient (Wildman–Crippen LogP) is 5.02. The van der Waals surface area contributed by atoms with Crippen LogP contribution in [0.15, 0.2) is 84.4 Å². The van der Waals surface area contributed by atoms with Gasteiger partial charge in [0.15, 0.2) is 0 Å². The highest BCUT2D eigenvalue weighted by molar-refractivity contribution is 6.51. The summed E-state index contributed by atoms with van der Waals surface area (Å²) in [7, 11) is 0. The molecule has 1 aliphatic rings. The molecule has 1 N–H and O–H groups in total. The lowest BCUT2D eigenvalue weighted by Crippen LogP contribution is -2.29. The monoisotopic (exact) mass is 413 g/mol. The summed E-state index contributed by atoms with van der Waals surface area (Å²) in [5.74, 6) is -0.864. The Balaban J connectivity index is 1.89. The molecule has 0 aliphatic carbocycles. The number of hydrogen-bond donors (Lipinski definition) is 1. The standard InChI is InChI=1S/C26H23NO4/c1-3-31-21-15-13-18(14-16-21)23-22(24(28)19-11-9-17(2)10-12-19)25(29)26(30)27(23)20-7-5-4-6-8-20/h4-16,23,28H,3H2,1-2H3/b24-22-. The summed E-state index contributed by atoms with van der Waals surface area (Å²) in [4.78, 5) is 27.6. The Morgan fingerprint density at radius 2 is 1.58 bits per heavy atom. The first-order chi connectivity index (χ1) is 15.0. The van der Waals surface area contributed by atoms with E-state index in [1.165, 1.54) is 4.90 Å². The van der Waals surface area contributed by atoms with E-state index in [2.05, 4.69) is 0 Å². The molecule has 0 saturated carbocycles. The van der Waals surface area contributed by atoms with E-state index in [1.807, 2.05) is 56.3 Å². The van der Waals surface area contributed by atoms with Crippen molar-refractivity contribution < 1.29 is 19.4 Å². The summed E-state index contributed by atoms with van der Waals surface area (Å²) in [6.07, 6.45) is 0. The summed E-state index contributed by atoms with van der Waals surface area (Å²) in [5.41, 5.74) is 2.89. The largest absolute Gasteiger partial charge is 0.507 e. The van der Waals surface area contributed by atoms with Crippen molar-refractivity contribution in [3.8, 4) is 5.75 Å². The third-order valence-corrected chi connectivity index (χ3v) is 5.31. The van der Waals surface area contributed by atoms with E-state index in [-0.39, 0.29) is 11.3 Å². The Kier molecular flexibility index (Phi) is 5.58. The number of aliphatic hydroxyl groups is 1. The van der Waals surface area contributed by atoms with Gasteiger partial charge in [0.25, 0.3) is 11.7 Å². The van der Waals surface area contributed by atoms with Gasteiger partial charge in [0.1, 0.15) is 11.5 Å². The van der Waals surface area contributed by atoms with Gasteiger partial charge in [-0.3, -0.25) is 14.5 Å². The first-order valence-corrected chi connectivity index (χ1v) is 10.2. The van der Waals surface area contributed by atoms with Gasteiger partial charge in [-0.05, 0) is 43.7 Å². The van der Waals surface area contributed by atoms with E-state index < -0.39 is 17.7 Å². The Labute approximate surface area is 181 Å². The van der Waals surface area contributed by atoms with Crippen molar-refractivity contribution in [3.05, 3.63) is 101 Å². The molecule has 156 valence electrons. The van der Waals surface area contributed by atoms with E-state index in [4.69, 9.17) is 4.74 Å². The Morgan fingerprint density at radius 1 is 0.935 bits per heavy atom. The summed E-state index contributed by atoms with van der Waals surface area (Å²) in [5, 5.41) is 11.1. The second-order valence-corrected chi connectivity index (χ2v) is 7.37. The van der Waals surface area contributed by atoms with Crippen LogP contribution in [0.25, 0.3) is 5.76 Å². The van der Waals surface area contributed by atoms with E-state index in [0.29, 0.717) is 29.2 Å². The van der Waals surface area contributed by atoms with Crippen LogP contribution in [0.5, 0.6) is 5.75 Å². The number of amides is 1. The normalized spacial score (nSPS) is 17.7. The number of Topliss-reactive ketones (excluding diaryl/α,β-unsaturated/α-hetero) is 1. The minimum absolute atomic E-state index is 0.0712. The fraction of sp³-hybridized carbons (Fsp3) is 0.154. The average molecular weight is 413 g/mol. The van der Waals surface area contributed by atoms with Crippen molar-refractivity contribution in [2.45, 2.75) is 19.9 Å². The number of benzene rings is 3. The highest BCUT2D eigenvalue weighted by Gasteiger charge is 2.46. The van der Waals surface area contributed by atoms with Crippen LogP contribution in [0, 0.1) is 6.92 Å². The molecule has 3 aromatic rings. The van der Waals surface area contributed by atoms with Crippen molar-refractivity contribution in [1.82, 2.24) is 0 Å². The molecule has 5 nitrogen and oxygen atoms in total. The van der Waals surface area contributed by atoms with Gasteiger partial charge in [-0.1, -0.05) is 60.2 Å². The number of rotatable bonds is 5. The first kappa shape index (κ1) is 20.4. The fourth-order valence-corrected chi connectivity index (χ4v) is 3.78. The molecule has 1 amide bonds. The summed E-state index contributed by atoms with van der Waals surface area (Å²) < 4.78 is 5.52. The van der Waals surface area contributed by atoms with Crippen LogP contribution >= 0.6 is 0 Å². The van der Waals surface area contributed by atoms with Gasteiger partial charge in [0.2, 0.25) is 0 Å². The quantitative estimate of drug-likeness (QED) is 0.362. The van der Waals surface area contributed by atoms with Gasteiger partial charge < -0.3 is 9.84 Å². The molecule has 31 heavy (non-hydrogen) atoms. The Hall–Kier alpha value is -3.86. The van der Waals surface area contributed by atoms with Crippen molar-refractivity contribution in [3.63, 3.8) is 0 Å². The van der Waals surface area contributed by atoms with Crippen LogP contribution in [0.4, 0.5) is 5.69 Å². The lowest BCUT2D eigenvalue weighted by Gasteiger charge is -2.25. The van der Waals surface area contributed by atoms with E-state index in [1.54, 1.807) is 36.4 Å².